The summed E-state index contributed by atoms with van der Waals surface area (Å²) in [4.78, 5) is 74.8. The first-order valence-electron chi connectivity index (χ1n) is 19.7. The minimum absolute atomic E-state index is 0. The molecule has 1 unspecified atom stereocenters. The molecule has 1 aliphatic heterocycles. The van der Waals surface area contributed by atoms with E-state index in [1.807, 2.05) is 66.7 Å². The summed E-state index contributed by atoms with van der Waals surface area (Å²) in [6, 6.07) is 10.1. The lowest BCUT2D eigenvalue weighted by molar-refractivity contribution is -0.132. The maximum absolute atomic E-state index is 12.7. The van der Waals surface area contributed by atoms with Gasteiger partial charge in [-0.3, -0.25) is 28.8 Å². The molecule has 1 fully saturated rings. The molecule has 1 aromatic carbocycles. The fraction of sp³-hybridized carbons (Fsp3) is 0.634. The number of ketones is 1. The summed E-state index contributed by atoms with van der Waals surface area (Å²) in [6.07, 6.45) is 1.15. The molecule has 3 rings (SSSR count). The Bertz CT molecular complexity index is 1400. The third kappa shape index (κ3) is 27.1. The number of hydrogen-bond acceptors (Lipinski definition) is 11. The number of amides is 4. The van der Waals surface area contributed by atoms with Crippen LogP contribution in [0.25, 0.3) is 0 Å². The Kier molecular flexibility index (Phi) is 33.9. The molecule has 57 heavy (non-hydrogen) atoms. The van der Waals surface area contributed by atoms with Crippen LogP contribution >= 0.6 is 13.5 Å². The summed E-state index contributed by atoms with van der Waals surface area (Å²) in [6.45, 7) is 23.8. The van der Waals surface area contributed by atoms with Crippen molar-refractivity contribution in [1.29, 1.82) is 0 Å². The summed E-state index contributed by atoms with van der Waals surface area (Å²) in [5, 5.41) is 13.8. The van der Waals surface area contributed by atoms with Crippen LogP contribution < -0.4 is 21.3 Å². The number of benzene rings is 1. The molecule has 0 bridgehead atoms. The molecule has 15 nitrogen and oxygen atoms in total. The van der Waals surface area contributed by atoms with Crippen molar-refractivity contribution in [2.75, 3.05) is 39.8 Å². The molecule has 4 N–H and O–H groups in total. The van der Waals surface area contributed by atoms with Crippen molar-refractivity contribution in [2.24, 2.45) is 5.92 Å². The highest BCUT2D eigenvalue weighted by molar-refractivity contribution is 7.59. The van der Waals surface area contributed by atoms with Crippen LogP contribution in [0.3, 0.4) is 0 Å². The van der Waals surface area contributed by atoms with Crippen molar-refractivity contribution in [2.45, 2.75) is 126 Å². The fourth-order valence-corrected chi connectivity index (χ4v) is 4.45. The fourth-order valence-electron chi connectivity index (χ4n) is 4.45. The molecule has 326 valence electrons. The summed E-state index contributed by atoms with van der Waals surface area (Å²) in [7, 11) is 2.11. The van der Waals surface area contributed by atoms with Crippen LogP contribution in [-0.4, -0.2) is 103 Å². The van der Waals surface area contributed by atoms with E-state index in [0.717, 1.165) is 13.1 Å². The highest BCUT2D eigenvalue weighted by Gasteiger charge is 2.50. The minimum atomic E-state index is -0.921. The molecular formula is C41H72N6O9S. The minimum Gasteiger partial charge on any atom is -0.460 e. The van der Waals surface area contributed by atoms with Gasteiger partial charge in [-0.2, -0.15) is 13.5 Å². The second kappa shape index (κ2) is 33.8. The zero-order chi connectivity index (χ0) is 43.1. The lowest BCUT2D eigenvalue weighted by Gasteiger charge is -2.22. The number of rotatable bonds is 20. The van der Waals surface area contributed by atoms with Crippen molar-refractivity contribution >= 4 is 49.4 Å². The van der Waals surface area contributed by atoms with E-state index in [-0.39, 0.29) is 69.2 Å². The number of carbonyl (C=O) groups excluding carboxylic acids is 6. The van der Waals surface area contributed by atoms with E-state index in [1.165, 1.54) is 11.6 Å². The number of aromatic nitrogens is 1. The van der Waals surface area contributed by atoms with E-state index >= 15 is 0 Å². The summed E-state index contributed by atoms with van der Waals surface area (Å²) >= 11 is 0. The SMILES string of the molecule is CC.CC.CCC[C@H](NC(=O)CNC(=O)Cc1cc(COC=O)on1)C(=O)NCC(=O)N[C@@H](CC(C)C)C(=O)C1(C)CO1.CCN(C)CC.Cc1ccccc1.S. The van der Waals surface area contributed by atoms with Crippen LogP contribution in [0.5, 0.6) is 0 Å². The molecular weight excluding hydrogens is 753 g/mol. The first-order chi connectivity index (χ1) is 26.7. The molecule has 2 heterocycles. The zero-order valence-electron chi connectivity index (χ0n) is 36.4. The van der Waals surface area contributed by atoms with Crippen molar-refractivity contribution in [3.05, 3.63) is 53.4 Å². The highest BCUT2D eigenvalue weighted by Crippen LogP contribution is 2.29. The Balaban J connectivity index is -0.00000135. The average Bonchev–Trinajstić information content (AvgIpc) is 3.80. The van der Waals surface area contributed by atoms with Gasteiger partial charge in [0.05, 0.1) is 37.9 Å². The lowest BCUT2D eigenvalue weighted by atomic mass is 9.93. The molecule has 3 atom stereocenters. The molecule has 0 spiro atoms. The number of Topliss-reactive ketones (excluding diaryl/α,β-unsaturated/α-hetero) is 1. The number of carbonyl (C=O) groups is 6. The van der Waals surface area contributed by atoms with E-state index < -0.39 is 41.3 Å². The smallest absolute Gasteiger partial charge is 0.293 e. The first-order valence-corrected chi connectivity index (χ1v) is 19.7. The third-order valence-corrected chi connectivity index (χ3v) is 7.82. The monoisotopic (exact) mass is 825 g/mol. The summed E-state index contributed by atoms with van der Waals surface area (Å²) in [5.74, 6) is -2.00. The number of epoxide rings is 1. The zero-order valence-corrected chi connectivity index (χ0v) is 37.4. The predicted octanol–water partition coefficient (Wildman–Crippen LogP) is 4.41. The van der Waals surface area contributed by atoms with Crippen molar-refractivity contribution in [1.82, 2.24) is 31.3 Å². The molecule has 1 aromatic heterocycles. The van der Waals surface area contributed by atoms with Gasteiger partial charge in [-0.25, -0.2) is 0 Å². The van der Waals surface area contributed by atoms with Gasteiger partial charge < -0.3 is 40.2 Å². The Labute approximate surface area is 347 Å². The first kappa shape index (κ1) is 57.0. The van der Waals surface area contributed by atoms with Crippen molar-refractivity contribution in [3.8, 4) is 0 Å². The van der Waals surface area contributed by atoms with Crippen LogP contribution in [0.1, 0.15) is 106 Å². The van der Waals surface area contributed by atoms with Gasteiger partial charge >= 0.3 is 0 Å². The highest BCUT2D eigenvalue weighted by atomic mass is 32.1. The molecule has 0 aliphatic carbocycles. The Morgan fingerprint density at radius 1 is 0.912 bits per heavy atom. The standard InChI is InChI=1S/C25H37N5O9.C7H8.C5H13N.2C2H6.H2S/c1-5-6-18(28-21(33)10-26-20(32)9-16-8-17(39-30-16)12-37-14-31)24(36)27-11-22(34)29-19(7-15(2)3)23(35)25(4)13-38-25;1-7-5-3-2-4-6-7;1-4-6(3)5-2;2*1-2;/h8,14-15,18-19H,5-7,9-13H2,1-4H3,(H,26,32)(H,27,36)(H,28,33)(H,29,34);2-6H,1H3;4-5H2,1-3H3;2*1-2H3;1H2/t18-,19-,25?;;;;;/m0...../s1. The van der Waals surface area contributed by atoms with Gasteiger partial charge in [0.25, 0.3) is 6.47 Å². The van der Waals surface area contributed by atoms with Gasteiger partial charge in [0, 0.05) is 6.07 Å². The maximum Gasteiger partial charge on any atom is 0.293 e. The van der Waals surface area contributed by atoms with Crippen LogP contribution in [0.15, 0.2) is 40.9 Å². The van der Waals surface area contributed by atoms with Crippen molar-refractivity contribution in [3.63, 3.8) is 0 Å². The van der Waals surface area contributed by atoms with E-state index in [4.69, 9.17) is 9.26 Å². The van der Waals surface area contributed by atoms with Gasteiger partial charge in [-0.05, 0) is 52.7 Å². The number of nitrogens with one attached hydrogen (secondary N) is 4. The quantitative estimate of drug-likeness (QED) is 0.109. The number of ether oxygens (including phenoxy) is 2. The predicted molar refractivity (Wildman–Crippen MR) is 228 cm³/mol. The molecule has 0 saturated carbocycles. The number of aryl methyl sites for hydroxylation is 1. The van der Waals surface area contributed by atoms with Crippen LogP contribution in [-0.2, 0) is 51.3 Å². The van der Waals surface area contributed by atoms with Crippen molar-refractivity contribution < 1.29 is 42.8 Å². The maximum atomic E-state index is 12.7. The molecule has 2 aromatic rings. The lowest BCUT2D eigenvalue weighted by Crippen LogP contribution is -2.53. The van der Waals surface area contributed by atoms with Gasteiger partial charge in [0.15, 0.2) is 18.2 Å². The molecule has 1 aliphatic rings. The normalized spacial score (nSPS) is 14.3. The Morgan fingerprint density at radius 3 is 1.89 bits per heavy atom. The second-order valence-electron chi connectivity index (χ2n) is 13.0. The average molecular weight is 825 g/mol. The number of nitrogens with zero attached hydrogens (tertiary/aromatic N) is 2. The second-order valence-corrected chi connectivity index (χ2v) is 13.0. The van der Waals surface area contributed by atoms with Crippen LogP contribution in [0.4, 0.5) is 0 Å². The van der Waals surface area contributed by atoms with E-state index in [2.05, 4.69) is 76.0 Å². The Morgan fingerprint density at radius 2 is 1.46 bits per heavy atom. The third-order valence-electron chi connectivity index (χ3n) is 7.82. The topological polar surface area (TPSA) is 202 Å². The number of hydrogen-bond donors (Lipinski definition) is 4. The molecule has 4 amide bonds. The van der Waals surface area contributed by atoms with E-state index in [9.17, 15) is 28.8 Å². The molecule has 16 heteroatoms. The Hall–Kier alpha value is -4.28. The van der Waals surface area contributed by atoms with Crippen LogP contribution in [0, 0.1) is 12.8 Å². The van der Waals surface area contributed by atoms with E-state index in [1.54, 1.807) is 6.92 Å². The molecule has 1 saturated heterocycles. The van der Waals surface area contributed by atoms with Gasteiger partial charge in [-0.1, -0.05) is 110 Å². The largest absolute Gasteiger partial charge is 0.460 e. The van der Waals surface area contributed by atoms with Gasteiger partial charge in [-0.15, -0.1) is 0 Å². The van der Waals surface area contributed by atoms with E-state index in [0.29, 0.717) is 25.9 Å². The van der Waals surface area contributed by atoms with Crippen LogP contribution in [0.2, 0.25) is 0 Å². The van der Waals surface area contributed by atoms with Gasteiger partial charge in [0.1, 0.15) is 11.6 Å². The molecule has 0 radical (unpaired) electrons. The summed E-state index contributed by atoms with van der Waals surface area (Å²) in [5.41, 5.74) is 0.726. The summed E-state index contributed by atoms with van der Waals surface area (Å²) < 4.78 is 14.7. The van der Waals surface area contributed by atoms with Gasteiger partial charge in [0.2, 0.25) is 23.6 Å².